The molecule has 53 heavy (non-hydrogen) atoms. The van der Waals surface area contributed by atoms with Crippen molar-refractivity contribution in [2.24, 2.45) is 0 Å². The zero-order valence-electron chi connectivity index (χ0n) is 28.5. The summed E-state index contributed by atoms with van der Waals surface area (Å²) in [5.74, 6) is -0.611. The van der Waals surface area contributed by atoms with E-state index in [1.54, 1.807) is 90.3 Å². The van der Waals surface area contributed by atoms with Gasteiger partial charge in [0.15, 0.2) is 5.13 Å². The van der Waals surface area contributed by atoms with Crippen LogP contribution in [-0.4, -0.2) is 36.9 Å². The quantitative estimate of drug-likeness (QED) is 0.0799. The highest BCUT2D eigenvalue weighted by Gasteiger charge is 2.24. The van der Waals surface area contributed by atoms with E-state index in [4.69, 9.17) is 9.47 Å². The highest BCUT2D eigenvalue weighted by Crippen LogP contribution is 2.37. The molecule has 1 aromatic heterocycles. The van der Waals surface area contributed by atoms with Crippen molar-refractivity contribution in [3.8, 4) is 22.8 Å². The molecule has 0 saturated heterocycles. The van der Waals surface area contributed by atoms with Crippen LogP contribution < -0.4 is 25.4 Å². The van der Waals surface area contributed by atoms with E-state index in [0.717, 1.165) is 16.0 Å². The second-order valence-electron chi connectivity index (χ2n) is 11.4. The van der Waals surface area contributed by atoms with Crippen molar-refractivity contribution in [1.82, 2.24) is 10.3 Å². The Hall–Kier alpha value is -6.24. The van der Waals surface area contributed by atoms with Gasteiger partial charge in [-0.1, -0.05) is 48.5 Å². The fraction of sp³-hybridized carbons (Fsp3) is 0.0732. The number of ether oxygens (including phenoxy) is 2. The molecule has 6 aromatic rings. The van der Waals surface area contributed by atoms with Gasteiger partial charge in [0.25, 0.3) is 11.8 Å². The number of carbonyl (C=O) groups excluding carboxylic acids is 3. The van der Waals surface area contributed by atoms with Crippen LogP contribution in [0, 0.1) is 5.82 Å². The summed E-state index contributed by atoms with van der Waals surface area (Å²) in [4.78, 5) is 45.9. The first-order chi connectivity index (χ1) is 25.8. The molecular weight excluding hydrogens is 712 g/mol. The van der Waals surface area contributed by atoms with Crippen LogP contribution in [0.2, 0.25) is 0 Å². The fourth-order valence-electron chi connectivity index (χ4n) is 5.16. The molecular formula is C41H33FN4O5S2. The highest BCUT2D eigenvalue weighted by atomic mass is 32.2. The largest absolute Gasteiger partial charge is 0.497 e. The number of halogens is 1. The Kier molecular flexibility index (Phi) is 11.9. The number of nitrogens with zero attached hydrogens (tertiary/aromatic N) is 1. The number of amides is 3. The molecule has 0 bridgehead atoms. The monoisotopic (exact) mass is 744 g/mol. The van der Waals surface area contributed by atoms with Crippen LogP contribution in [0.3, 0.4) is 0 Å². The third-order valence-corrected chi connectivity index (χ3v) is 9.87. The van der Waals surface area contributed by atoms with Gasteiger partial charge in [-0.2, -0.15) is 0 Å². The lowest BCUT2D eigenvalue weighted by Gasteiger charge is -2.17. The zero-order valence-corrected chi connectivity index (χ0v) is 30.2. The first-order valence-corrected chi connectivity index (χ1v) is 18.0. The van der Waals surface area contributed by atoms with Crippen LogP contribution in [-0.2, 0) is 9.59 Å². The van der Waals surface area contributed by atoms with Gasteiger partial charge >= 0.3 is 0 Å². The van der Waals surface area contributed by atoms with E-state index >= 15 is 0 Å². The van der Waals surface area contributed by atoms with Crippen molar-refractivity contribution >= 4 is 57.7 Å². The molecule has 5 aromatic carbocycles. The molecule has 6 rings (SSSR count). The number of anilines is 2. The van der Waals surface area contributed by atoms with E-state index in [2.05, 4.69) is 20.9 Å². The van der Waals surface area contributed by atoms with Gasteiger partial charge in [-0.25, -0.2) is 9.37 Å². The summed E-state index contributed by atoms with van der Waals surface area (Å²) >= 11 is 2.62. The number of thiazole rings is 1. The molecule has 0 saturated carbocycles. The van der Waals surface area contributed by atoms with Crippen molar-refractivity contribution in [3.05, 3.63) is 161 Å². The molecule has 9 nitrogen and oxygen atoms in total. The Labute approximate surface area is 313 Å². The molecule has 12 heteroatoms. The van der Waals surface area contributed by atoms with Crippen LogP contribution in [0.15, 0.2) is 143 Å². The smallest absolute Gasteiger partial charge is 0.272 e. The summed E-state index contributed by atoms with van der Waals surface area (Å²) in [6.07, 6.45) is 1.52. The standard InChI is InChI=1S/C41H33FN4O5S2/c1-50-32-19-22-36(51-2)29(23-32)24-34(44-38(47)28-11-7-4-8-12-28)39(48)43-31-17-20-33(21-18-31)53-37(27-9-5-3-6-10-27)40(49)46-41-45-35(25-52-41)26-13-15-30(42)16-14-26/h3-25,37H,1-2H3,(H,43,48)(H,44,47)(H,45,46,49)/b34-24-. The molecule has 266 valence electrons. The topological polar surface area (TPSA) is 119 Å². The average molecular weight is 745 g/mol. The van der Waals surface area contributed by atoms with Gasteiger partial charge in [0.05, 0.1) is 19.9 Å². The van der Waals surface area contributed by atoms with Crippen LogP contribution in [0.1, 0.15) is 26.7 Å². The van der Waals surface area contributed by atoms with Crippen LogP contribution in [0.4, 0.5) is 15.2 Å². The summed E-state index contributed by atoms with van der Waals surface area (Å²) in [5, 5.41) is 10.1. The minimum atomic E-state index is -0.629. The summed E-state index contributed by atoms with van der Waals surface area (Å²) in [6.45, 7) is 0. The Bertz CT molecular complexity index is 2230. The number of carbonyl (C=O) groups is 3. The first kappa shape index (κ1) is 36.5. The Balaban J connectivity index is 1.19. The van der Waals surface area contributed by atoms with Crippen molar-refractivity contribution in [3.63, 3.8) is 0 Å². The van der Waals surface area contributed by atoms with Gasteiger partial charge < -0.3 is 25.4 Å². The molecule has 1 unspecified atom stereocenters. The maximum Gasteiger partial charge on any atom is 0.272 e. The average Bonchev–Trinajstić information content (AvgIpc) is 3.66. The number of hydrogen-bond acceptors (Lipinski definition) is 8. The third kappa shape index (κ3) is 9.56. The minimum absolute atomic E-state index is 0.0190. The van der Waals surface area contributed by atoms with Crippen LogP contribution in [0.5, 0.6) is 11.5 Å². The summed E-state index contributed by atoms with van der Waals surface area (Å²) in [7, 11) is 3.04. The maximum atomic E-state index is 13.7. The Morgan fingerprint density at radius 2 is 1.51 bits per heavy atom. The van der Waals surface area contributed by atoms with Crippen LogP contribution in [0.25, 0.3) is 17.3 Å². The van der Waals surface area contributed by atoms with Crippen LogP contribution >= 0.6 is 23.1 Å². The predicted molar refractivity (Wildman–Crippen MR) is 208 cm³/mol. The van der Waals surface area contributed by atoms with E-state index in [9.17, 15) is 18.8 Å². The highest BCUT2D eigenvalue weighted by molar-refractivity contribution is 8.00. The SMILES string of the molecule is COc1ccc(OC)c(/C=C(\NC(=O)c2ccccc2)C(=O)Nc2ccc(SC(C(=O)Nc3nc(-c4ccc(F)cc4)cs3)c3ccccc3)cc2)c1. The van der Waals surface area contributed by atoms with Crippen molar-refractivity contribution in [2.75, 3.05) is 24.9 Å². The molecule has 0 aliphatic carbocycles. The summed E-state index contributed by atoms with van der Waals surface area (Å²) in [5.41, 5.74) is 3.51. The minimum Gasteiger partial charge on any atom is -0.497 e. The number of methoxy groups -OCH3 is 2. The van der Waals surface area contributed by atoms with E-state index in [0.29, 0.717) is 39.1 Å². The third-order valence-electron chi connectivity index (χ3n) is 7.85. The van der Waals surface area contributed by atoms with E-state index in [-0.39, 0.29) is 17.4 Å². The summed E-state index contributed by atoms with van der Waals surface area (Å²) in [6, 6.07) is 36.1. The molecule has 0 aliphatic rings. The molecule has 3 amide bonds. The zero-order chi connectivity index (χ0) is 37.2. The number of aromatic nitrogens is 1. The number of benzene rings is 5. The number of thioether (sulfide) groups is 1. The van der Waals surface area contributed by atoms with Gasteiger partial charge in [0.1, 0.15) is 28.3 Å². The molecule has 0 fully saturated rings. The molecule has 0 radical (unpaired) electrons. The van der Waals surface area contributed by atoms with Crippen molar-refractivity contribution < 1.29 is 28.2 Å². The Morgan fingerprint density at radius 3 is 2.19 bits per heavy atom. The number of nitrogens with one attached hydrogen (secondary N) is 3. The lowest BCUT2D eigenvalue weighted by molar-refractivity contribution is -0.116. The second kappa shape index (κ2) is 17.3. The number of rotatable bonds is 13. The van der Waals surface area contributed by atoms with Gasteiger partial charge in [-0.05, 0) is 90.5 Å². The maximum absolute atomic E-state index is 13.7. The van der Waals surface area contributed by atoms with E-state index < -0.39 is 17.1 Å². The van der Waals surface area contributed by atoms with Gasteiger partial charge in [0, 0.05) is 32.7 Å². The summed E-state index contributed by atoms with van der Waals surface area (Å²) < 4.78 is 24.3. The lowest BCUT2D eigenvalue weighted by atomic mass is 10.1. The van der Waals surface area contributed by atoms with Gasteiger partial charge in [0.2, 0.25) is 5.91 Å². The van der Waals surface area contributed by atoms with Gasteiger partial charge in [-0.3, -0.25) is 14.4 Å². The molecule has 0 aliphatic heterocycles. The molecule has 1 atom stereocenters. The van der Waals surface area contributed by atoms with E-state index in [1.165, 1.54) is 55.5 Å². The lowest BCUT2D eigenvalue weighted by Crippen LogP contribution is -2.30. The second-order valence-corrected chi connectivity index (χ2v) is 13.4. The number of hydrogen-bond donors (Lipinski definition) is 3. The fourth-order valence-corrected chi connectivity index (χ4v) is 6.90. The van der Waals surface area contributed by atoms with Gasteiger partial charge in [-0.15, -0.1) is 23.1 Å². The van der Waals surface area contributed by atoms with E-state index in [1.807, 2.05) is 30.3 Å². The predicted octanol–water partition coefficient (Wildman–Crippen LogP) is 8.85. The molecule has 0 spiro atoms. The molecule has 3 N–H and O–H groups in total. The normalized spacial score (nSPS) is 11.6. The van der Waals surface area contributed by atoms with Crippen molar-refractivity contribution in [2.45, 2.75) is 10.1 Å². The first-order valence-electron chi connectivity index (χ1n) is 16.2. The van der Waals surface area contributed by atoms with Crippen molar-refractivity contribution in [1.29, 1.82) is 0 Å². The molecule has 1 heterocycles. The Morgan fingerprint density at radius 1 is 0.811 bits per heavy atom.